The molecule has 0 radical (unpaired) electrons. The number of allylic oxidation sites excluding steroid dienone is 1. The van der Waals surface area contributed by atoms with Gasteiger partial charge in [0.15, 0.2) is 12.1 Å². The maximum atomic E-state index is 14.3. The minimum atomic E-state index is -1.17. The molecule has 1 saturated heterocycles. The smallest absolute Gasteiger partial charge is 0.185 e. The highest BCUT2D eigenvalue weighted by Gasteiger charge is 2.34. The lowest BCUT2D eigenvalue weighted by Crippen LogP contribution is -2.48. The van der Waals surface area contributed by atoms with Gasteiger partial charge in [-0.05, 0) is 13.5 Å². The van der Waals surface area contributed by atoms with Gasteiger partial charge in [0, 0.05) is 51.4 Å². The summed E-state index contributed by atoms with van der Waals surface area (Å²) in [6, 6.07) is 0. The molecule has 1 heterocycles. The van der Waals surface area contributed by atoms with Gasteiger partial charge in [0.1, 0.15) is 5.67 Å². The number of rotatable bonds is 7. The summed E-state index contributed by atoms with van der Waals surface area (Å²) in [4.78, 5) is 17.3. The van der Waals surface area contributed by atoms with Crippen LogP contribution in [0, 0.1) is 0 Å². The van der Waals surface area contributed by atoms with Crippen molar-refractivity contribution in [2.45, 2.75) is 38.3 Å². The number of piperidine rings is 1. The summed E-state index contributed by atoms with van der Waals surface area (Å²) in [5.74, 6) is 0.380. The zero-order valence-electron chi connectivity index (χ0n) is 13.3. The van der Waals surface area contributed by atoms with E-state index >= 15 is 0 Å². The molecular weight excluding hydrogens is 271 g/mol. The van der Waals surface area contributed by atoms with Crippen molar-refractivity contribution in [1.82, 2.24) is 15.5 Å². The van der Waals surface area contributed by atoms with Gasteiger partial charge in [-0.25, -0.2) is 9.38 Å². The van der Waals surface area contributed by atoms with Gasteiger partial charge in [-0.15, -0.1) is 0 Å². The maximum absolute atomic E-state index is 14.3. The first-order valence-corrected chi connectivity index (χ1v) is 7.56. The summed E-state index contributed by atoms with van der Waals surface area (Å²) >= 11 is 0. The molecule has 5 nitrogen and oxygen atoms in total. The van der Waals surface area contributed by atoms with Crippen molar-refractivity contribution < 1.29 is 9.18 Å². The molecule has 0 bridgehead atoms. The topological polar surface area (TPSA) is 56.7 Å². The summed E-state index contributed by atoms with van der Waals surface area (Å²) in [5, 5.41) is 5.95. The van der Waals surface area contributed by atoms with E-state index in [0.29, 0.717) is 38.3 Å². The number of carbonyl (C=O) groups is 1. The SMILES string of the molecule is CCC/C(=C/N=C(C=O)N1CCC(F)(CNC)CC1)NC. The third kappa shape index (κ3) is 5.46. The zero-order valence-corrected chi connectivity index (χ0v) is 13.3. The number of hydrogen-bond donors (Lipinski definition) is 2. The Labute approximate surface area is 126 Å². The van der Waals surface area contributed by atoms with E-state index in [1.165, 1.54) is 0 Å². The van der Waals surface area contributed by atoms with Crippen molar-refractivity contribution in [3.8, 4) is 0 Å². The number of halogens is 1. The first-order valence-electron chi connectivity index (χ1n) is 7.56. The van der Waals surface area contributed by atoms with E-state index in [1.54, 1.807) is 13.2 Å². The van der Waals surface area contributed by atoms with Gasteiger partial charge in [0.25, 0.3) is 0 Å². The zero-order chi connectivity index (χ0) is 15.7. The molecule has 6 heteroatoms. The largest absolute Gasteiger partial charge is 0.390 e. The van der Waals surface area contributed by atoms with Gasteiger partial charge in [0.2, 0.25) is 0 Å². The van der Waals surface area contributed by atoms with Crippen LogP contribution in [0.1, 0.15) is 32.6 Å². The number of likely N-dealkylation sites (tertiary alicyclic amines) is 1. The quantitative estimate of drug-likeness (QED) is 0.424. The number of alkyl halides is 1. The maximum Gasteiger partial charge on any atom is 0.185 e. The van der Waals surface area contributed by atoms with Crippen LogP contribution < -0.4 is 10.6 Å². The number of nitrogens with one attached hydrogen (secondary N) is 2. The highest BCUT2D eigenvalue weighted by atomic mass is 19.1. The van der Waals surface area contributed by atoms with E-state index in [0.717, 1.165) is 24.8 Å². The monoisotopic (exact) mass is 298 g/mol. The van der Waals surface area contributed by atoms with Crippen molar-refractivity contribution in [2.75, 3.05) is 33.7 Å². The fourth-order valence-electron chi connectivity index (χ4n) is 2.48. The van der Waals surface area contributed by atoms with Crippen LogP contribution in [-0.2, 0) is 4.79 Å². The fraction of sp³-hybridized carbons (Fsp3) is 0.733. The van der Waals surface area contributed by atoms with Crippen LogP contribution in [0.5, 0.6) is 0 Å². The molecule has 21 heavy (non-hydrogen) atoms. The predicted octanol–water partition coefficient (Wildman–Crippen LogP) is 1.47. The first-order chi connectivity index (χ1) is 10.1. The van der Waals surface area contributed by atoms with E-state index in [2.05, 4.69) is 22.5 Å². The first kappa shape index (κ1) is 17.6. The number of nitrogens with zero attached hydrogens (tertiary/aromatic N) is 2. The molecule has 0 atom stereocenters. The standard InChI is InChI=1S/C15H27FN4O/c1-4-5-13(18-3)10-19-14(11-21)20-8-6-15(16,7-9-20)12-17-2/h10-11,17-18H,4-9,12H2,1-3H3/b13-10-,19-14?. The van der Waals surface area contributed by atoms with E-state index in [1.807, 2.05) is 11.9 Å². The third-order valence-corrected chi connectivity index (χ3v) is 3.78. The molecule has 0 aromatic rings. The minimum Gasteiger partial charge on any atom is -0.390 e. The number of aldehydes is 1. The molecule has 0 spiro atoms. The van der Waals surface area contributed by atoms with Crippen LogP contribution >= 0.6 is 0 Å². The summed E-state index contributed by atoms with van der Waals surface area (Å²) in [6.45, 7) is 3.48. The number of amidine groups is 1. The molecule has 0 amide bonds. The average Bonchev–Trinajstić information content (AvgIpc) is 2.48. The second-order valence-corrected chi connectivity index (χ2v) is 5.43. The van der Waals surface area contributed by atoms with Crippen molar-refractivity contribution in [3.63, 3.8) is 0 Å². The van der Waals surface area contributed by atoms with Gasteiger partial charge in [-0.2, -0.15) is 0 Å². The lowest BCUT2D eigenvalue weighted by Gasteiger charge is -2.36. The molecule has 1 aliphatic rings. The number of aliphatic imine (C=N–C) groups is 1. The molecular formula is C15H27FN4O. The molecule has 120 valence electrons. The van der Waals surface area contributed by atoms with Crippen LogP contribution in [0.2, 0.25) is 0 Å². The Kier molecular flexibility index (Phi) is 7.36. The second-order valence-electron chi connectivity index (χ2n) is 5.43. The van der Waals surface area contributed by atoms with Gasteiger partial charge in [-0.3, -0.25) is 4.79 Å². The third-order valence-electron chi connectivity index (χ3n) is 3.78. The van der Waals surface area contributed by atoms with Gasteiger partial charge in [-0.1, -0.05) is 13.3 Å². The van der Waals surface area contributed by atoms with Crippen molar-refractivity contribution >= 4 is 12.1 Å². The lowest BCUT2D eigenvalue weighted by molar-refractivity contribution is -0.103. The predicted molar refractivity (Wildman–Crippen MR) is 84.1 cm³/mol. The summed E-state index contributed by atoms with van der Waals surface area (Å²) in [6.07, 6.45) is 5.17. The number of carbonyl (C=O) groups excluding carboxylic acids is 1. The summed E-state index contributed by atoms with van der Waals surface area (Å²) in [5.41, 5.74) is -0.183. The van der Waals surface area contributed by atoms with Gasteiger partial charge >= 0.3 is 0 Å². The van der Waals surface area contributed by atoms with Crippen molar-refractivity contribution in [2.24, 2.45) is 4.99 Å². The molecule has 0 unspecified atom stereocenters. The van der Waals surface area contributed by atoms with E-state index in [-0.39, 0.29) is 0 Å². The van der Waals surface area contributed by atoms with Gasteiger partial charge in [0.05, 0.1) is 0 Å². The number of hydrogen-bond acceptors (Lipinski definition) is 4. The van der Waals surface area contributed by atoms with Crippen LogP contribution in [0.15, 0.2) is 16.9 Å². The summed E-state index contributed by atoms with van der Waals surface area (Å²) < 4.78 is 14.3. The fourth-order valence-corrected chi connectivity index (χ4v) is 2.48. The second kappa shape index (κ2) is 8.77. The Balaban J connectivity index is 2.68. The van der Waals surface area contributed by atoms with Crippen LogP contribution in [0.3, 0.4) is 0 Å². The molecule has 1 fully saturated rings. The highest BCUT2D eigenvalue weighted by Crippen LogP contribution is 2.25. The molecule has 2 N–H and O–H groups in total. The summed E-state index contributed by atoms with van der Waals surface area (Å²) in [7, 11) is 3.59. The van der Waals surface area contributed by atoms with E-state index in [9.17, 15) is 9.18 Å². The van der Waals surface area contributed by atoms with E-state index in [4.69, 9.17) is 0 Å². The van der Waals surface area contributed by atoms with Crippen LogP contribution in [-0.4, -0.2) is 56.4 Å². The Hall–Kier alpha value is -1.43. The molecule has 0 aromatic heterocycles. The molecule has 0 saturated carbocycles. The Bertz CT molecular complexity index is 387. The Morgan fingerprint density at radius 3 is 2.52 bits per heavy atom. The van der Waals surface area contributed by atoms with Gasteiger partial charge < -0.3 is 15.5 Å². The molecule has 1 aliphatic heterocycles. The molecule has 0 aliphatic carbocycles. The highest BCUT2D eigenvalue weighted by molar-refractivity contribution is 6.27. The van der Waals surface area contributed by atoms with Crippen LogP contribution in [0.4, 0.5) is 4.39 Å². The van der Waals surface area contributed by atoms with Crippen LogP contribution in [0.25, 0.3) is 0 Å². The lowest BCUT2D eigenvalue weighted by atomic mass is 9.93. The van der Waals surface area contributed by atoms with Crippen molar-refractivity contribution in [1.29, 1.82) is 0 Å². The Morgan fingerprint density at radius 1 is 1.38 bits per heavy atom. The molecule has 1 rings (SSSR count). The minimum absolute atomic E-state index is 0.356. The van der Waals surface area contributed by atoms with E-state index < -0.39 is 5.67 Å². The average molecular weight is 298 g/mol. The van der Waals surface area contributed by atoms with Crippen molar-refractivity contribution in [3.05, 3.63) is 11.9 Å². The Morgan fingerprint density at radius 2 is 2.05 bits per heavy atom. The molecule has 0 aromatic carbocycles. The normalized spacial score (nSPS) is 19.5.